The van der Waals surface area contributed by atoms with Crippen LogP contribution in [0, 0.1) is 11.6 Å². The molecule has 0 amide bonds. The highest BCUT2D eigenvalue weighted by Crippen LogP contribution is 2.47. The van der Waals surface area contributed by atoms with Gasteiger partial charge in [0.2, 0.25) is 0 Å². The smallest absolute Gasteiger partial charge is 0.262 e. The number of hydrogen-bond donors (Lipinski definition) is 1. The van der Waals surface area contributed by atoms with Crippen LogP contribution in [0.1, 0.15) is 25.7 Å². The minimum Gasteiger partial charge on any atom is -0.448 e. The summed E-state index contributed by atoms with van der Waals surface area (Å²) in [5, 5.41) is 0. The lowest BCUT2D eigenvalue weighted by Crippen LogP contribution is -2.34. The van der Waals surface area contributed by atoms with Crippen molar-refractivity contribution in [2.45, 2.75) is 36.4 Å². The first-order chi connectivity index (χ1) is 11.9. The van der Waals surface area contributed by atoms with Crippen molar-refractivity contribution in [1.29, 1.82) is 0 Å². The fourth-order valence-electron chi connectivity index (χ4n) is 3.13. The zero-order valence-corrected chi connectivity index (χ0v) is 13.9. The number of benzene rings is 2. The van der Waals surface area contributed by atoms with Crippen LogP contribution in [-0.4, -0.2) is 14.2 Å². The zero-order chi connectivity index (χ0) is 17.7. The van der Waals surface area contributed by atoms with Gasteiger partial charge in [-0.25, -0.2) is 17.2 Å². The maximum Gasteiger partial charge on any atom is 0.262 e. The van der Waals surface area contributed by atoms with E-state index in [2.05, 4.69) is 4.72 Å². The second kappa shape index (κ2) is 5.59. The van der Waals surface area contributed by atoms with Crippen LogP contribution in [0.2, 0.25) is 0 Å². The molecule has 0 atom stereocenters. The van der Waals surface area contributed by atoms with Gasteiger partial charge < -0.3 is 9.47 Å². The number of rotatable bonds is 3. The molecule has 1 aliphatic carbocycles. The normalized spacial score (nSPS) is 17.8. The van der Waals surface area contributed by atoms with Crippen LogP contribution in [0.25, 0.3) is 0 Å². The molecule has 5 nitrogen and oxygen atoms in total. The van der Waals surface area contributed by atoms with Crippen molar-refractivity contribution in [3.8, 4) is 11.5 Å². The third kappa shape index (κ3) is 2.90. The van der Waals surface area contributed by atoms with Crippen LogP contribution in [0.3, 0.4) is 0 Å². The van der Waals surface area contributed by atoms with Gasteiger partial charge in [0, 0.05) is 18.9 Å². The van der Waals surface area contributed by atoms with Gasteiger partial charge >= 0.3 is 0 Å². The Hall–Kier alpha value is -2.35. The summed E-state index contributed by atoms with van der Waals surface area (Å²) in [5.74, 6) is -1.94. The van der Waals surface area contributed by atoms with Crippen LogP contribution < -0.4 is 14.2 Å². The first-order valence-electron chi connectivity index (χ1n) is 7.87. The Balaban J connectivity index is 1.59. The molecule has 0 radical (unpaired) electrons. The summed E-state index contributed by atoms with van der Waals surface area (Å²) >= 11 is 0. The third-order valence-corrected chi connectivity index (χ3v) is 5.73. The van der Waals surface area contributed by atoms with Gasteiger partial charge in [0.25, 0.3) is 15.8 Å². The van der Waals surface area contributed by atoms with Crippen molar-refractivity contribution in [2.75, 3.05) is 4.72 Å². The topological polar surface area (TPSA) is 64.6 Å². The lowest BCUT2D eigenvalue weighted by Gasteiger charge is -2.21. The Morgan fingerprint density at radius 1 is 0.920 bits per heavy atom. The molecule has 1 aliphatic heterocycles. The lowest BCUT2D eigenvalue weighted by molar-refractivity contribution is -0.0716. The van der Waals surface area contributed by atoms with Gasteiger partial charge in [-0.2, -0.15) is 0 Å². The highest BCUT2D eigenvalue weighted by molar-refractivity contribution is 7.92. The van der Waals surface area contributed by atoms with Crippen LogP contribution in [0.5, 0.6) is 11.5 Å². The highest BCUT2D eigenvalue weighted by Gasteiger charge is 2.44. The number of halogens is 2. The minimum absolute atomic E-state index is 0.252. The van der Waals surface area contributed by atoms with Crippen LogP contribution in [0.15, 0.2) is 41.3 Å². The average Bonchev–Trinajstić information content (AvgIpc) is 3.15. The predicted molar refractivity (Wildman–Crippen MR) is 86.1 cm³/mol. The number of nitrogens with one attached hydrogen (secondary N) is 1. The van der Waals surface area contributed by atoms with E-state index in [0.717, 1.165) is 37.8 Å². The van der Waals surface area contributed by atoms with Gasteiger partial charge in [-0.1, -0.05) is 0 Å². The Kier molecular flexibility index (Phi) is 3.61. The van der Waals surface area contributed by atoms with Crippen molar-refractivity contribution < 1.29 is 26.7 Å². The number of sulfonamides is 1. The number of hydrogen-bond acceptors (Lipinski definition) is 4. The Labute approximate surface area is 143 Å². The quantitative estimate of drug-likeness (QED) is 0.896. The molecule has 1 heterocycles. The van der Waals surface area contributed by atoms with Gasteiger partial charge in [-0.3, -0.25) is 4.72 Å². The SMILES string of the molecule is O=S(=O)(Nc1ccc2c(c1)OC1(CCCC1)O2)c1ccc(F)c(F)c1. The summed E-state index contributed by atoms with van der Waals surface area (Å²) in [6.07, 6.45) is 3.61. The molecule has 1 spiro atoms. The lowest BCUT2D eigenvalue weighted by atomic mass is 10.2. The largest absolute Gasteiger partial charge is 0.448 e. The van der Waals surface area contributed by atoms with E-state index >= 15 is 0 Å². The molecule has 8 heteroatoms. The molecule has 4 rings (SSSR count). The minimum atomic E-state index is -4.05. The molecular formula is C17H15F2NO4S. The summed E-state index contributed by atoms with van der Waals surface area (Å²) in [6, 6.07) is 7.10. The van der Waals surface area contributed by atoms with Gasteiger partial charge in [-0.05, 0) is 43.2 Å². The van der Waals surface area contributed by atoms with E-state index in [9.17, 15) is 17.2 Å². The predicted octanol–water partition coefficient (Wildman–Crippen LogP) is 3.81. The van der Waals surface area contributed by atoms with E-state index < -0.39 is 27.4 Å². The van der Waals surface area contributed by atoms with E-state index in [1.54, 1.807) is 6.07 Å². The maximum atomic E-state index is 13.3. The van der Waals surface area contributed by atoms with Gasteiger partial charge in [0.15, 0.2) is 23.1 Å². The van der Waals surface area contributed by atoms with Crippen LogP contribution in [-0.2, 0) is 10.0 Å². The first kappa shape index (κ1) is 16.1. The fourth-order valence-corrected chi connectivity index (χ4v) is 4.19. The molecule has 0 unspecified atom stereocenters. The monoisotopic (exact) mass is 367 g/mol. The summed E-state index contributed by atoms with van der Waals surface area (Å²) in [5.41, 5.74) is 0.252. The number of fused-ring (bicyclic) bond motifs is 1. The molecule has 1 fully saturated rings. The van der Waals surface area contributed by atoms with Crippen molar-refractivity contribution >= 4 is 15.7 Å². The van der Waals surface area contributed by atoms with Gasteiger partial charge in [0.05, 0.1) is 10.6 Å². The van der Waals surface area contributed by atoms with Gasteiger partial charge in [0.1, 0.15) is 0 Å². The van der Waals surface area contributed by atoms with E-state index in [1.165, 1.54) is 12.1 Å². The van der Waals surface area contributed by atoms with Crippen molar-refractivity contribution in [1.82, 2.24) is 0 Å². The second-order valence-electron chi connectivity index (χ2n) is 6.16. The molecule has 132 valence electrons. The molecule has 2 aromatic rings. The fraction of sp³-hybridized carbons (Fsp3) is 0.294. The van der Waals surface area contributed by atoms with Gasteiger partial charge in [-0.15, -0.1) is 0 Å². The molecule has 1 N–H and O–H groups in total. The average molecular weight is 367 g/mol. The van der Waals surface area contributed by atoms with Crippen LogP contribution in [0.4, 0.5) is 14.5 Å². The summed E-state index contributed by atoms with van der Waals surface area (Å²) in [4.78, 5) is -0.365. The maximum absolute atomic E-state index is 13.3. The van der Waals surface area contributed by atoms with E-state index in [-0.39, 0.29) is 10.6 Å². The molecule has 2 aromatic carbocycles. The second-order valence-corrected chi connectivity index (χ2v) is 7.85. The van der Waals surface area contributed by atoms with Crippen molar-refractivity contribution in [3.05, 3.63) is 48.0 Å². The Bertz CT molecular complexity index is 940. The Morgan fingerprint density at radius 3 is 2.36 bits per heavy atom. The van der Waals surface area contributed by atoms with E-state index in [0.29, 0.717) is 17.6 Å². The van der Waals surface area contributed by atoms with Crippen molar-refractivity contribution in [2.24, 2.45) is 0 Å². The number of anilines is 1. The first-order valence-corrected chi connectivity index (χ1v) is 9.35. The molecule has 0 aromatic heterocycles. The number of ether oxygens (including phenoxy) is 2. The molecule has 0 bridgehead atoms. The van der Waals surface area contributed by atoms with E-state index in [1.807, 2.05) is 0 Å². The molecule has 0 saturated heterocycles. The zero-order valence-electron chi connectivity index (χ0n) is 13.1. The van der Waals surface area contributed by atoms with E-state index in [4.69, 9.17) is 9.47 Å². The van der Waals surface area contributed by atoms with Crippen LogP contribution >= 0.6 is 0 Å². The molecule has 25 heavy (non-hydrogen) atoms. The third-order valence-electron chi connectivity index (χ3n) is 4.35. The standard InChI is InChI=1S/C17H15F2NO4S/c18-13-5-4-12(10-14(13)19)25(21,22)20-11-3-6-15-16(9-11)24-17(23-15)7-1-2-8-17/h3-6,9-10,20H,1-2,7-8H2. The molecule has 1 saturated carbocycles. The summed E-state index contributed by atoms with van der Waals surface area (Å²) in [6.45, 7) is 0. The summed E-state index contributed by atoms with van der Waals surface area (Å²) in [7, 11) is -4.05. The van der Waals surface area contributed by atoms with Crippen molar-refractivity contribution in [3.63, 3.8) is 0 Å². The summed E-state index contributed by atoms with van der Waals surface area (Å²) < 4.78 is 65.1. The molecule has 2 aliphatic rings. The Morgan fingerprint density at radius 2 is 1.64 bits per heavy atom. The molecular weight excluding hydrogens is 352 g/mol. The highest BCUT2D eigenvalue weighted by atomic mass is 32.2.